The Morgan fingerprint density at radius 2 is 1.64 bits per heavy atom. The first-order chi connectivity index (χ1) is 10.1. The molecule has 0 unspecified atom stereocenters. The van der Waals surface area contributed by atoms with Crippen molar-refractivity contribution in [3.05, 3.63) is 24.3 Å². The molecule has 1 rings (SSSR count). The summed E-state index contributed by atoms with van der Waals surface area (Å²) in [6.07, 6.45) is 0. The Labute approximate surface area is 130 Å². The van der Waals surface area contributed by atoms with Crippen LogP contribution in [-0.2, 0) is 19.6 Å². The molecule has 0 aliphatic heterocycles. The zero-order valence-corrected chi connectivity index (χ0v) is 13.8. The summed E-state index contributed by atoms with van der Waals surface area (Å²) >= 11 is 0. The standard InChI is InChI=1S/C13H20N4O4S/c1-10(18)14-11-5-7-12(8-6-11)22(20,21)17(4)9-13(19)15-16(2)3/h5-8H,9H2,1-4H3,(H,14,18)(H,15,19). The van der Waals surface area contributed by atoms with Crippen LogP contribution in [0.3, 0.4) is 0 Å². The van der Waals surface area contributed by atoms with Crippen molar-refractivity contribution in [2.24, 2.45) is 0 Å². The van der Waals surface area contributed by atoms with Crippen molar-refractivity contribution in [1.29, 1.82) is 0 Å². The van der Waals surface area contributed by atoms with Crippen molar-refractivity contribution in [2.75, 3.05) is 33.0 Å². The van der Waals surface area contributed by atoms with Crippen LogP contribution in [0.25, 0.3) is 0 Å². The molecule has 0 saturated carbocycles. The zero-order chi connectivity index (χ0) is 16.9. The molecule has 0 spiro atoms. The molecule has 0 saturated heterocycles. The Morgan fingerprint density at radius 1 is 1.09 bits per heavy atom. The number of benzene rings is 1. The first kappa shape index (κ1) is 18.1. The lowest BCUT2D eigenvalue weighted by Gasteiger charge is -2.19. The summed E-state index contributed by atoms with van der Waals surface area (Å²) < 4.78 is 25.6. The SMILES string of the molecule is CC(=O)Nc1ccc(S(=O)(=O)N(C)CC(=O)NN(C)C)cc1. The van der Waals surface area contributed by atoms with Crippen molar-refractivity contribution >= 4 is 27.5 Å². The minimum Gasteiger partial charge on any atom is -0.326 e. The Kier molecular flexibility index (Phi) is 6.03. The Bertz CT molecular complexity index is 641. The van der Waals surface area contributed by atoms with Crippen molar-refractivity contribution in [1.82, 2.24) is 14.7 Å². The number of nitrogens with one attached hydrogen (secondary N) is 2. The van der Waals surface area contributed by atoms with Crippen LogP contribution in [0.5, 0.6) is 0 Å². The Balaban J connectivity index is 2.84. The van der Waals surface area contributed by atoms with Crippen LogP contribution in [0.15, 0.2) is 29.2 Å². The number of nitrogens with zero attached hydrogens (tertiary/aromatic N) is 2. The fourth-order valence-corrected chi connectivity index (χ4v) is 2.79. The number of anilines is 1. The summed E-state index contributed by atoms with van der Waals surface area (Å²) in [6.45, 7) is 1.07. The molecule has 0 fully saturated rings. The van der Waals surface area contributed by atoms with Gasteiger partial charge >= 0.3 is 0 Å². The largest absolute Gasteiger partial charge is 0.326 e. The second-order valence-electron chi connectivity index (χ2n) is 4.90. The lowest BCUT2D eigenvalue weighted by molar-refractivity contribution is -0.124. The fourth-order valence-electron chi connectivity index (χ4n) is 1.67. The molecule has 9 heteroatoms. The van der Waals surface area contributed by atoms with Gasteiger partial charge in [-0.05, 0) is 24.3 Å². The maximum Gasteiger partial charge on any atom is 0.249 e. The third-order valence-corrected chi connectivity index (χ3v) is 4.42. The van der Waals surface area contributed by atoms with Crippen LogP contribution in [-0.4, -0.2) is 57.2 Å². The van der Waals surface area contributed by atoms with E-state index in [0.717, 1.165) is 4.31 Å². The fraction of sp³-hybridized carbons (Fsp3) is 0.385. The molecule has 0 heterocycles. The summed E-state index contributed by atoms with van der Waals surface area (Å²) in [4.78, 5) is 22.6. The molecule has 0 aromatic heterocycles. The van der Waals surface area contributed by atoms with Crippen molar-refractivity contribution < 1.29 is 18.0 Å². The highest BCUT2D eigenvalue weighted by Crippen LogP contribution is 2.17. The molecule has 2 amide bonds. The van der Waals surface area contributed by atoms with Crippen LogP contribution < -0.4 is 10.7 Å². The number of rotatable bonds is 6. The smallest absolute Gasteiger partial charge is 0.249 e. The van der Waals surface area contributed by atoms with Gasteiger partial charge in [0.15, 0.2) is 0 Å². The van der Waals surface area contributed by atoms with E-state index in [9.17, 15) is 18.0 Å². The third kappa shape index (κ3) is 5.10. The molecule has 0 atom stereocenters. The van der Waals surface area contributed by atoms with E-state index in [1.54, 1.807) is 14.1 Å². The van der Waals surface area contributed by atoms with E-state index in [1.165, 1.54) is 43.2 Å². The number of carbonyl (C=O) groups excluding carboxylic acids is 2. The van der Waals surface area contributed by atoms with Gasteiger partial charge in [0.05, 0.1) is 11.4 Å². The van der Waals surface area contributed by atoms with E-state index in [-0.39, 0.29) is 17.3 Å². The van der Waals surface area contributed by atoms with Gasteiger partial charge in [-0.25, -0.2) is 13.4 Å². The number of hydrogen-bond donors (Lipinski definition) is 2. The molecule has 1 aromatic carbocycles. The summed E-state index contributed by atoms with van der Waals surface area (Å²) in [5.41, 5.74) is 2.97. The number of carbonyl (C=O) groups is 2. The van der Waals surface area contributed by atoms with E-state index in [1.807, 2.05) is 0 Å². The highest BCUT2D eigenvalue weighted by atomic mass is 32.2. The van der Waals surface area contributed by atoms with Gasteiger partial charge in [0, 0.05) is 33.8 Å². The van der Waals surface area contributed by atoms with Crippen LogP contribution >= 0.6 is 0 Å². The maximum absolute atomic E-state index is 12.3. The summed E-state index contributed by atoms with van der Waals surface area (Å²) in [7, 11) is 0.816. The van der Waals surface area contributed by atoms with Gasteiger partial charge in [0.2, 0.25) is 21.8 Å². The monoisotopic (exact) mass is 328 g/mol. The van der Waals surface area contributed by atoms with Gasteiger partial charge in [-0.2, -0.15) is 4.31 Å². The molecular weight excluding hydrogens is 308 g/mol. The van der Waals surface area contributed by atoms with E-state index in [4.69, 9.17) is 0 Å². The van der Waals surface area contributed by atoms with Crippen molar-refractivity contribution in [3.63, 3.8) is 0 Å². The summed E-state index contributed by atoms with van der Waals surface area (Å²) in [6, 6.07) is 5.73. The van der Waals surface area contributed by atoms with Gasteiger partial charge in [-0.1, -0.05) is 0 Å². The van der Waals surface area contributed by atoms with Crippen molar-refractivity contribution in [2.45, 2.75) is 11.8 Å². The average molecular weight is 328 g/mol. The topological polar surface area (TPSA) is 98.8 Å². The molecule has 2 N–H and O–H groups in total. The van der Waals surface area contributed by atoms with E-state index in [0.29, 0.717) is 5.69 Å². The molecule has 0 bridgehead atoms. The number of likely N-dealkylation sites (N-methyl/N-ethyl adjacent to an activating group) is 1. The molecule has 1 aromatic rings. The zero-order valence-electron chi connectivity index (χ0n) is 13.0. The van der Waals surface area contributed by atoms with Crippen LogP contribution in [0.4, 0.5) is 5.69 Å². The first-order valence-electron chi connectivity index (χ1n) is 6.43. The molecule has 0 radical (unpaired) electrons. The lowest BCUT2D eigenvalue weighted by Crippen LogP contribution is -2.43. The van der Waals surface area contributed by atoms with Gasteiger partial charge in [0.1, 0.15) is 0 Å². The van der Waals surface area contributed by atoms with Crippen LogP contribution in [0.2, 0.25) is 0 Å². The van der Waals surface area contributed by atoms with Gasteiger partial charge < -0.3 is 5.32 Å². The average Bonchev–Trinajstić information content (AvgIpc) is 2.37. The molecule has 8 nitrogen and oxygen atoms in total. The highest BCUT2D eigenvalue weighted by molar-refractivity contribution is 7.89. The van der Waals surface area contributed by atoms with Crippen LogP contribution in [0, 0.1) is 0 Å². The quantitative estimate of drug-likeness (QED) is 0.708. The maximum atomic E-state index is 12.3. The third-order valence-electron chi connectivity index (χ3n) is 2.60. The van der Waals surface area contributed by atoms with Crippen molar-refractivity contribution in [3.8, 4) is 0 Å². The normalized spacial score (nSPS) is 11.5. The van der Waals surface area contributed by atoms with Gasteiger partial charge in [-0.15, -0.1) is 0 Å². The van der Waals surface area contributed by atoms with Gasteiger partial charge in [0.25, 0.3) is 0 Å². The van der Waals surface area contributed by atoms with E-state index in [2.05, 4.69) is 10.7 Å². The summed E-state index contributed by atoms with van der Waals surface area (Å²) in [5.74, 6) is -0.681. The second kappa shape index (κ2) is 7.34. The first-order valence-corrected chi connectivity index (χ1v) is 7.87. The number of amides is 2. The number of hydrogen-bond acceptors (Lipinski definition) is 5. The van der Waals surface area contributed by atoms with Crippen LogP contribution in [0.1, 0.15) is 6.92 Å². The van der Waals surface area contributed by atoms with E-state index < -0.39 is 15.9 Å². The van der Waals surface area contributed by atoms with Gasteiger partial charge in [-0.3, -0.25) is 15.0 Å². The number of sulfonamides is 1. The molecular formula is C13H20N4O4S. The molecule has 0 aliphatic carbocycles. The Morgan fingerprint density at radius 3 is 2.09 bits per heavy atom. The summed E-state index contributed by atoms with van der Waals surface area (Å²) in [5, 5.41) is 3.99. The minimum absolute atomic E-state index is 0.0433. The predicted octanol–water partition coefficient (Wildman–Crippen LogP) is -0.142. The predicted molar refractivity (Wildman–Crippen MR) is 82.4 cm³/mol. The highest BCUT2D eigenvalue weighted by Gasteiger charge is 2.23. The lowest BCUT2D eigenvalue weighted by atomic mass is 10.3. The second-order valence-corrected chi connectivity index (χ2v) is 6.94. The Hall–Kier alpha value is -1.97. The van der Waals surface area contributed by atoms with E-state index >= 15 is 0 Å². The molecule has 22 heavy (non-hydrogen) atoms. The minimum atomic E-state index is -3.77. The number of hydrazine groups is 1. The molecule has 122 valence electrons. The molecule has 0 aliphatic rings.